The van der Waals surface area contributed by atoms with Crippen LogP contribution in [0.25, 0.3) is 0 Å². The van der Waals surface area contributed by atoms with Crippen LogP contribution in [0.15, 0.2) is 30.3 Å². The van der Waals surface area contributed by atoms with Crippen LogP contribution in [0.5, 0.6) is 0 Å². The Labute approximate surface area is 191 Å². The SMILES string of the molecule is CN(C)CCOCCOCCOCCOCCOCCOCCOC(=O)c1ccccc1. The highest BCUT2D eigenvalue weighted by Gasteiger charge is 2.04. The molecule has 184 valence electrons. The van der Waals surface area contributed by atoms with Crippen molar-refractivity contribution in [3.63, 3.8) is 0 Å². The lowest BCUT2D eigenvalue weighted by atomic mass is 10.2. The van der Waals surface area contributed by atoms with E-state index < -0.39 is 0 Å². The minimum Gasteiger partial charge on any atom is -0.460 e. The molecule has 9 heteroatoms. The zero-order chi connectivity index (χ0) is 23.1. The van der Waals surface area contributed by atoms with Crippen molar-refractivity contribution in [3.8, 4) is 0 Å². The molecule has 0 amide bonds. The summed E-state index contributed by atoms with van der Waals surface area (Å²) < 4.78 is 37.6. The number of hydrogen-bond acceptors (Lipinski definition) is 9. The van der Waals surface area contributed by atoms with Crippen molar-refractivity contribution in [2.75, 3.05) is 107 Å². The number of carbonyl (C=O) groups excluding carboxylic acids is 1. The molecule has 1 aromatic rings. The number of hydrogen-bond donors (Lipinski definition) is 0. The summed E-state index contributed by atoms with van der Waals surface area (Å²) in [5.74, 6) is -0.347. The summed E-state index contributed by atoms with van der Waals surface area (Å²) >= 11 is 0. The summed E-state index contributed by atoms with van der Waals surface area (Å²) in [7, 11) is 4.03. The average Bonchev–Trinajstić information content (AvgIpc) is 2.80. The van der Waals surface area contributed by atoms with E-state index in [1.807, 2.05) is 20.2 Å². The third-order valence-electron chi connectivity index (χ3n) is 4.01. The largest absolute Gasteiger partial charge is 0.460 e. The molecule has 0 spiro atoms. The summed E-state index contributed by atoms with van der Waals surface area (Å²) in [6.45, 7) is 7.36. The molecule has 0 radical (unpaired) electrons. The van der Waals surface area contributed by atoms with Gasteiger partial charge in [-0.05, 0) is 26.2 Å². The van der Waals surface area contributed by atoms with E-state index in [1.165, 1.54) is 0 Å². The second-order valence-electron chi connectivity index (χ2n) is 6.98. The molecule has 0 N–H and O–H groups in total. The molecular formula is C23H39NO8. The molecule has 32 heavy (non-hydrogen) atoms. The van der Waals surface area contributed by atoms with Crippen molar-refractivity contribution in [2.45, 2.75) is 0 Å². The summed E-state index contributed by atoms with van der Waals surface area (Å²) in [6.07, 6.45) is 0. The lowest BCUT2D eigenvalue weighted by Crippen LogP contribution is -2.19. The minimum atomic E-state index is -0.347. The molecule has 0 heterocycles. The highest BCUT2D eigenvalue weighted by molar-refractivity contribution is 5.89. The van der Waals surface area contributed by atoms with Gasteiger partial charge in [-0.1, -0.05) is 18.2 Å². The summed E-state index contributed by atoms with van der Waals surface area (Å²) in [4.78, 5) is 13.8. The Morgan fingerprint density at radius 2 is 0.969 bits per heavy atom. The highest BCUT2D eigenvalue weighted by Crippen LogP contribution is 2.00. The Bertz CT molecular complexity index is 544. The van der Waals surface area contributed by atoms with Crippen molar-refractivity contribution in [3.05, 3.63) is 35.9 Å². The van der Waals surface area contributed by atoms with E-state index in [0.29, 0.717) is 84.8 Å². The maximum absolute atomic E-state index is 11.7. The fourth-order valence-electron chi connectivity index (χ4n) is 2.30. The Balaban J connectivity index is 1.70. The van der Waals surface area contributed by atoms with E-state index in [1.54, 1.807) is 24.3 Å². The van der Waals surface area contributed by atoms with Crippen LogP contribution in [-0.4, -0.2) is 117 Å². The predicted molar refractivity (Wildman–Crippen MR) is 120 cm³/mol. The van der Waals surface area contributed by atoms with Gasteiger partial charge in [0.05, 0.1) is 84.8 Å². The van der Waals surface area contributed by atoms with Crippen LogP contribution in [0.1, 0.15) is 10.4 Å². The molecule has 0 aliphatic rings. The van der Waals surface area contributed by atoms with Crippen molar-refractivity contribution in [1.29, 1.82) is 0 Å². The van der Waals surface area contributed by atoms with E-state index in [0.717, 1.165) is 6.54 Å². The third kappa shape index (κ3) is 18.0. The van der Waals surface area contributed by atoms with Crippen molar-refractivity contribution in [1.82, 2.24) is 4.90 Å². The van der Waals surface area contributed by atoms with E-state index in [9.17, 15) is 4.79 Å². The third-order valence-corrected chi connectivity index (χ3v) is 4.01. The lowest BCUT2D eigenvalue weighted by molar-refractivity contribution is -0.0196. The van der Waals surface area contributed by atoms with Crippen molar-refractivity contribution >= 4 is 5.97 Å². The van der Waals surface area contributed by atoms with E-state index >= 15 is 0 Å². The van der Waals surface area contributed by atoms with Gasteiger partial charge >= 0.3 is 5.97 Å². The quantitative estimate of drug-likeness (QED) is 0.190. The number of benzene rings is 1. The zero-order valence-corrected chi connectivity index (χ0v) is 19.5. The van der Waals surface area contributed by atoms with Crippen molar-refractivity contribution in [2.24, 2.45) is 0 Å². The zero-order valence-electron chi connectivity index (χ0n) is 19.5. The first-order valence-electron chi connectivity index (χ1n) is 11.0. The molecule has 0 fully saturated rings. The number of ether oxygens (including phenoxy) is 7. The Morgan fingerprint density at radius 3 is 1.38 bits per heavy atom. The Hall–Kier alpha value is -1.59. The van der Waals surface area contributed by atoms with E-state index in [4.69, 9.17) is 33.2 Å². The Kier molecular flexibility index (Phi) is 18.9. The van der Waals surface area contributed by atoms with Gasteiger partial charge in [-0.25, -0.2) is 4.79 Å². The molecule has 0 unspecified atom stereocenters. The first-order chi connectivity index (χ1) is 15.7. The number of rotatable bonds is 22. The predicted octanol–water partition coefficient (Wildman–Crippen LogP) is 1.50. The van der Waals surface area contributed by atoms with Crippen LogP contribution in [0.3, 0.4) is 0 Å². The minimum absolute atomic E-state index is 0.215. The number of likely N-dealkylation sites (N-methyl/N-ethyl adjacent to an activating group) is 1. The van der Waals surface area contributed by atoms with Crippen LogP contribution in [0.2, 0.25) is 0 Å². The summed E-state index contributed by atoms with van der Waals surface area (Å²) in [6, 6.07) is 8.87. The van der Waals surface area contributed by atoms with Crippen molar-refractivity contribution < 1.29 is 38.0 Å². The summed E-state index contributed by atoms with van der Waals surface area (Å²) in [5.41, 5.74) is 0.534. The molecule has 0 saturated heterocycles. The molecular weight excluding hydrogens is 418 g/mol. The van der Waals surface area contributed by atoms with Crippen LogP contribution in [0.4, 0.5) is 0 Å². The highest BCUT2D eigenvalue weighted by atomic mass is 16.6. The molecule has 0 aliphatic heterocycles. The van der Waals surface area contributed by atoms with Gasteiger partial charge in [0.15, 0.2) is 0 Å². The molecule has 0 atom stereocenters. The second-order valence-corrected chi connectivity index (χ2v) is 6.98. The molecule has 1 aromatic carbocycles. The molecule has 0 aromatic heterocycles. The van der Waals surface area contributed by atoms with Crippen LogP contribution in [-0.2, 0) is 33.2 Å². The lowest BCUT2D eigenvalue weighted by Gasteiger charge is -2.10. The maximum atomic E-state index is 11.7. The van der Waals surface area contributed by atoms with Gasteiger partial charge in [-0.15, -0.1) is 0 Å². The van der Waals surface area contributed by atoms with Gasteiger partial charge in [0, 0.05) is 6.54 Å². The summed E-state index contributed by atoms with van der Waals surface area (Å²) in [5, 5.41) is 0. The first kappa shape index (κ1) is 28.4. The number of carbonyl (C=O) groups is 1. The first-order valence-corrected chi connectivity index (χ1v) is 11.0. The number of nitrogens with zero attached hydrogens (tertiary/aromatic N) is 1. The maximum Gasteiger partial charge on any atom is 0.338 e. The molecule has 1 rings (SSSR count). The standard InChI is InChI=1S/C23H39NO8/c1-24(2)8-9-26-10-11-27-12-13-28-14-15-29-16-17-30-18-19-31-20-21-32-23(25)22-6-4-3-5-7-22/h3-7H,8-21H2,1-2H3. The monoisotopic (exact) mass is 457 g/mol. The van der Waals surface area contributed by atoms with Gasteiger partial charge < -0.3 is 38.1 Å². The molecule has 9 nitrogen and oxygen atoms in total. The van der Waals surface area contributed by atoms with Gasteiger partial charge in [-0.3, -0.25) is 0 Å². The van der Waals surface area contributed by atoms with E-state index in [2.05, 4.69) is 4.90 Å². The molecule has 0 aliphatic carbocycles. The number of esters is 1. The van der Waals surface area contributed by atoms with E-state index in [-0.39, 0.29) is 12.6 Å². The molecule has 0 bridgehead atoms. The normalized spacial score (nSPS) is 11.2. The molecule has 0 saturated carbocycles. The Morgan fingerprint density at radius 1 is 0.594 bits per heavy atom. The average molecular weight is 458 g/mol. The topological polar surface area (TPSA) is 84.9 Å². The van der Waals surface area contributed by atoms with Gasteiger partial charge in [-0.2, -0.15) is 0 Å². The van der Waals surface area contributed by atoms with Gasteiger partial charge in [0.2, 0.25) is 0 Å². The van der Waals surface area contributed by atoms with Crippen LogP contribution >= 0.6 is 0 Å². The van der Waals surface area contributed by atoms with Gasteiger partial charge in [0.1, 0.15) is 6.61 Å². The van der Waals surface area contributed by atoms with Crippen LogP contribution in [0, 0.1) is 0 Å². The van der Waals surface area contributed by atoms with Crippen LogP contribution < -0.4 is 0 Å². The smallest absolute Gasteiger partial charge is 0.338 e. The fourth-order valence-corrected chi connectivity index (χ4v) is 2.30. The fraction of sp³-hybridized carbons (Fsp3) is 0.696. The second kappa shape index (κ2) is 21.3. The van der Waals surface area contributed by atoms with Gasteiger partial charge in [0.25, 0.3) is 0 Å².